The Labute approximate surface area is 277 Å². The molecule has 11 heteroatoms. The lowest BCUT2D eigenvalue weighted by Gasteiger charge is -2.22. The fraction of sp³-hybridized carbons (Fsp3) is 0.771. The minimum absolute atomic E-state index is 0.0521. The molecule has 2 rings (SSSR count). The lowest BCUT2D eigenvalue weighted by molar-refractivity contribution is 0.0421. The number of amides is 3. The van der Waals surface area contributed by atoms with Gasteiger partial charge in [0.25, 0.3) is 5.91 Å². The van der Waals surface area contributed by atoms with E-state index >= 15 is 0 Å². The molecule has 2 aromatic rings. The van der Waals surface area contributed by atoms with Crippen LogP contribution in [0.1, 0.15) is 154 Å². The Morgan fingerprint density at radius 1 is 0.761 bits per heavy atom. The van der Waals surface area contributed by atoms with Gasteiger partial charge in [-0.2, -0.15) is 0 Å². The summed E-state index contributed by atoms with van der Waals surface area (Å²) in [5, 5.41) is 2.84. The Morgan fingerprint density at radius 2 is 1.37 bits per heavy atom. The first-order chi connectivity index (χ1) is 22.5. The van der Waals surface area contributed by atoms with Crippen LogP contribution in [0, 0.1) is 0 Å². The first-order valence-corrected chi connectivity index (χ1v) is 18.2. The Bertz CT molecular complexity index is 1090. The average Bonchev–Trinajstić information content (AvgIpc) is 3.07. The zero-order valence-corrected chi connectivity index (χ0v) is 29.2. The van der Waals surface area contributed by atoms with Gasteiger partial charge in [-0.3, -0.25) is 15.6 Å². The maximum atomic E-state index is 13.8. The third-order valence-electron chi connectivity index (χ3n) is 8.21. The number of rotatable bonds is 27. The van der Waals surface area contributed by atoms with Crippen LogP contribution in [0.4, 0.5) is 10.6 Å². The molecule has 0 fully saturated rings. The maximum Gasteiger partial charge on any atom is 0.333 e. The van der Waals surface area contributed by atoms with E-state index in [2.05, 4.69) is 63.8 Å². The highest BCUT2D eigenvalue weighted by atomic mass is 16.5. The Hall–Kier alpha value is -3.08. The molecule has 0 aliphatic carbocycles. The fourth-order valence-corrected chi connectivity index (χ4v) is 5.38. The van der Waals surface area contributed by atoms with Gasteiger partial charge in [0.15, 0.2) is 17.0 Å². The first kappa shape index (κ1) is 39.1. The van der Waals surface area contributed by atoms with Gasteiger partial charge in [0.05, 0.1) is 6.10 Å². The number of ether oxygens (including phenoxy) is 1. The second-order valence-corrected chi connectivity index (χ2v) is 12.2. The lowest BCUT2D eigenvalue weighted by atomic mass is 10.1. The molecule has 0 aliphatic rings. The maximum absolute atomic E-state index is 13.8. The SMILES string of the molecule is CCCCCCCCN(CCCCCCCC)C(=O)c1nc(NNC(=O)NCCCOC(CC)CCCCC)c2nccnc2n1. The van der Waals surface area contributed by atoms with Gasteiger partial charge in [0.2, 0.25) is 5.82 Å². The van der Waals surface area contributed by atoms with Crippen molar-refractivity contribution in [1.82, 2.24) is 35.6 Å². The summed E-state index contributed by atoms with van der Waals surface area (Å²) < 4.78 is 5.99. The van der Waals surface area contributed by atoms with Crippen molar-refractivity contribution in [3.63, 3.8) is 0 Å². The molecule has 0 saturated carbocycles. The van der Waals surface area contributed by atoms with Crippen LogP contribution in [0.5, 0.6) is 0 Å². The van der Waals surface area contributed by atoms with Gasteiger partial charge < -0.3 is 15.0 Å². The van der Waals surface area contributed by atoms with Gasteiger partial charge in [0.1, 0.15) is 0 Å². The number of fused-ring (bicyclic) bond motifs is 1. The number of hydrogen-bond donors (Lipinski definition) is 3. The van der Waals surface area contributed by atoms with Crippen LogP contribution < -0.4 is 16.2 Å². The number of unbranched alkanes of at least 4 members (excludes halogenated alkanes) is 12. The molecule has 3 amide bonds. The normalized spacial score (nSPS) is 11.8. The zero-order valence-electron chi connectivity index (χ0n) is 29.2. The number of aromatic nitrogens is 4. The van der Waals surface area contributed by atoms with Crippen molar-refractivity contribution in [2.75, 3.05) is 31.7 Å². The van der Waals surface area contributed by atoms with E-state index < -0.39 is 6.03 Å². The predicted octanol–water partition coefficient (Wildman–Crippen LogP) is 7.97. The highest BCUT2D eigenvalue weighted by Crippen LogP contribution is 2.17. The molecule has 0 spiro atoms. The number of hydrogen-bond acceptors (Lipinski definition) is 8. The molecule has 1 unspecified atom stereocenters. The van der Waals surface area contributed by atoms with Gasteiger partial charge in [-0.1, -0.05) is 111 Å². The number of nitrogens with one attached hydrogen (secondary N) is 3. The molecule has 0 radical (unpaired) electrons. The van der Waals surface area contributed by atoms with E-state index in [1.54, 1.807) is 0 Å². The third kappa shape index (κ3) is 16.0. The summed E-state index contributed by atoms with van der Waals surface area (Å²) in [5.41, 5.74) is 6.14. The molecule has 0 aliphatic heterocycles. The van der Waals surface area contributed by atoms with Crippen LogP contribution in [0.3, 0.4) is 0 Å². The van der Waals surface area contributed by atoms with E-state index in [9.17, 15) is 9.59 Å². The zero-order chi connectivity index (χ0) is 33.2. The molecule has 11 nitrogen and oxygen atoms in total. The van der Waals surface area contributed by atoms with Crippen molar-refractivity contribution in [2.45, 2.75) is 149 Å². The monoisotopic (exact) mass is 642 g/mol. The van der Waals surface area contributed by atoms with E-state index in [-0.39, 0.29) is 23.7 Å². The van der Waals surface area contributed by atoms with Gasteiger partial charge >= 0.3 is 6.03 Å². The number of anilines is 1. The Morgan fingerprint density at radius 3 is 2.02 bits per heavy atom. The lowest BCUT2D eigenvalue weighted by Crippen LogP contribution is -2.40. The highest BCUT2D eigenvalue weighted by molar-refractivity contribution is 5.94. The predicted molar refractivity (Wildman–Crippen MR) is 187 cm³/mol. The van der Waals surface area contributed by atoms with Gasteiger partial charge in [-0.05, 0) is 32.1 Å². The summed E-state index contributed by atoms with van der Waals surface area (Å²) in [6.07, 6.45) is 23.6. The number of nitrogens with zero attached hydrogens (tertiary/aromatic N) is 5. The molecule has 2 heterocycles. The van der Waals surface area contributed by atoms with Gasteiger partial charge in [-0.15, -0.1) is 0 Å². The quantitative estimate of drug-likeness (QED) is 0.0660. The molecule has 0 aromatic carbocycles. The minimum Gasteiger partial charge on any atom is -0.378 e. The van der Waals surface area contributed by atoms with E-state index in [0.29, 0.717) is 43.8 Å². The number of carbonyl (C=O) groups is 2. The number of urea groups is 1. The van der Waals surface area contributed by atoms with Crippen LogP contribution in [0.2, 0.25) is 0 Å². The number of carbonyl (C=O) groups excluding carboxylic acids is 2. The summed E-state index contributed by atoms with van der Waals surface area (Å²) in [7, 11) is 0. The van der Waals surface area contributed by atoms with Crippen molar-refractivity contribution < 1.29 is 14.3 Å². The molecular weight excluding hydrogens is 580 g/mol. The van der Waals surface area contributed by atoms with E-state index in [0.717, 1.165) is 38.5 Å². The molecule has 260 valence electrons. The van der Waals surface area contributed by atoms with Gasteiger partial charge in [0, 0.05) is 38.6 Å². The van der Waals surface area contributed by atoms with Crippen LogP contribution in [0.25, 0.3) is 11.2 Å². The van der Waals surface area contributed by atoms with Crippen LogP contribution in [0.15, 0.2) is 12.4 Å². The molecular formula is C35H62N8O3. The summed E-state index contributed by atoms with van der Waals surface area (Å²) in [4.78, 5) is 45.9. The molecule has 0 saturated heterocycles. The highest BCUT2D eigenvalue weighted by Gasteiger charge is 2.21. The fourth-order valence-electron chi connectivity index (χ4n) is 5.38. The van der Waals surface area contributed by atoms with Crippen molar-refractivity contribution in [3.8, 4) is 0 Å². The van der Waals surface area contributed by atoms with E-state index in [1.165, 1.54) is 83.0 Å². The standard InChI is InChI=1S/C35H62N8O3/c1-5-9-12-14-16-19-26-43(27-20-17-15-13-10-6-2)34(44)33-39-31-30(36-24-25-37-31)32(40-33)41-42-35(45)38-23-21-28-46-29(8-4)22-18-11-7-3/h24-25,29H,5-23,26-28H2,1-4H3,(H2,38,42,45)(H,37,39,40,41). The van der Waals surface area contributed by atoms with Crippen molar-refractivity contribution in [1.29, 1.82) is 0 Å². The second-order valence-electron chi connectivity index (χ2n) is 12.2. The average molecular weight is 643 g/mol. The topological polar surface area (TPSA) is 134 Å². The molecule has 2 aromatic heterocycles. The second kappa shape index (κ2) is 25.1. The van der Waals surface area contributed by atoms with Crippen molar-refractivity contribution in [3.05, 3.63) is 18.2 Å². The van der Waals surface area contributed by atoms with Crippen LogP contribution in [-0.2, 0) is 4.74 Å². The minimum atomic E-state index is -0.411. The smallest absolute Gasteiger partial charge is 0.333 e. The summed E-state index contributed by atoms with van der Waals surface area (Å²) in [6, 6.07) is -0.411. The van der Waals surface area contributed by atoms with Crippen LogP contribution >= 0.6 is 0 Å². The molecule has 0 bridgehead atoms. The largest absolute Gasteiger partial charge is 0.378 e. The summed E-state index contributed by atoms with van der Waals surface area (Å²) >= 11 is 0. The van der Waals surface area contributed by atoms with E-state index in [1.807, 2.05) is 4.90 Å². The molecule has 1 atom stereocenters. The number of hydrazine groups is 1. The summed E-state index contributed by atoms with van der Waals surface area (Å²) in [5.74, 6) is 0.0652. The van der Waals surface area contributed by atoms with Gasteiger partial charge in [-0.25, -0.2) is 24.7 Å². The summed E-state index contributed by atoms with van der Waals surface area (Å²) in [6.45, 7) is 11.2. The van der Waals surface area contributed by atoms with Crippen LogP contribution in [-0.4, -0.2) is 69.1 Å². The Balaban J connectivity index is 1.98. The van der Waals surface area contributed by atoms with Crippen molar-refractivity contribution >= 4 is 28.9 Å². The van der Waals surface area contributed by atoms with Crippen molar-refractivity contribution in [2.24, 2.45) is 0 Å². The van der Waals surface area contributed by atoms with E-state index in [4.69, 9.17) is 4.74 Å². The molecule has 46 heavy (non-hydrogen) atoms. The molecule has 3 N–H and O–H groups in total. The first-order valence-electron chi connectivity index (χ1n) is 18.2. The third-order valence-corrected chi connectivity index (χ3v) is 8.21. The Kier molecular flexibility index (Phi) is 21.3.